The van der Waals surface area contributed by atoms with E-state index in [2.05, 4.69) is 42.1 Å². The van der Waals surface area contributed by atoms with E-state index in [9.17, 15) is 0 Å². The van der Waals surface area contributed by atoms with Crippen LogP contribution in [0.4, 0.5) is 0 Å². The molecule has 2 heterocycles. The number of para-hydroxylation sites is 1. The first-order chi connectivity index (χ1) is 8.66. The minimum absolute atomic E-state index is 0.0324. The molecule has 2 N–H and O–H groups in total. The number of rotatable bonds is 2. The molecule has 0 spiro atoms. The zero-order valence-corrected chi connectivity index (χ0v) is 10.6. The van der Waals surface area contributed by atoms with E-state index in [0.717, 1.165) is 26.1 Å². The number of aryl methyl sites for hydroxylation is 1. The molecule has 3 heteroatoms. The third-order valence-corrected chi connectivity index (χ3v) is 4.85. The number of benzene rings is 1. The minimum Gasteiger partial charge on any atom is -0.379 e. The fourth-order valence-corrected chi connectivity index (χ4v) is 3.35. The first kappa shape index (κ1) is 10.6. The Bertz CT molecular complexity index is 620. The lowest BCUT2D eigenvalue weighted by molar-refractivity contribution is -0.0779. The van der Waals surface area contributed by atoms with E-state index in [1.807, 2.05) is 0 Å². The van der Waals surface area contributed by atoms with Crippen LogP contribution < -0.4 is 5.73 Å². The molecule has 0 amide bonds. The Balaban J connectivity index is 1.97. The first-order valence-electron chi connectivity index (χ1n) is 6.58. The molecule has 1 aliphatic heterocycles. The van der Waals surface area contributed by atoms with E-state index in [0.29, 0.717) is 0 Å². The van der Waals surface area contributed by atoms with Gasteiger partial charge in [0.05, 0.1) is 18.6 Å². The molecule has 0 bridgehead atoms. The smallest absolute Gasteiger partial charge is 0.0620 e. The molecule has 1 aliphatic carbocycles. The van der Waals surface area contributed by atoms with Gasteiger partial charge >= 0.3 is 0 Å². The van der Waals surface area contributed by atoms with E-state index in [1.165, 1.54) is 16.5 Å². The van der Waals surface area contributed by atoms with Gasteiger partial charge in [-0.2, -0.15) is 0 Å². The number of hydrogen-bond acceptors (Lipinski definition) is 2. The van der Waals surface area contributed by atoms with Crippen molar-refractivity contribution in [3.05, 3.63) is 36.0 Å². The average molecular weight is 242 g/mol. The highest BCUT2D eigenvalue weighted by Crippen LogP contribution is 2.54. The topological polar surface area (TPSA) is 40.2 Å². The molecule has 18 heavy (non-hydrogen) atoms. The van der Waals surface area contributed by atoms with Crippen molar-refractivity contribution in [1.29, 1.82) is 0 Å². The molecule has 1 saturated carbocycles. The molecule has 4 rings (SSSR count). The van der Waals surface area contributed by atoms with Gasteiger partial charge in [-0.3, -0.25) is 0 Å². The van der Waals surface area contributed by atoms with Crippen molar-refractivity contribution in [2.24, 2.45) is 12.8 Å². The molecule has 3 nitrogen and oxygen atoms in total. The summed E-state index contributed by atoms with van der Waals surface area (Å²) in [5.41, 5.74) is 9.21. The van der Waals surface area contributed by atoms with Gasteiger partial charge in [-0.15, -0.1) is 0 Å². The predicted octanol–water partition coefficient (Wildman–Crippen LogP) is 1.94. The van der Waals surface area contributed by atoms with Crippen LogP contribution in [-0.2, 0) is 17.2 Å². The van der Waals surface area contributed by atoms with Gasteiger partial charge in [0.1, 0.15) is 0 Å². The van der Waals surface area contributed by atoms with Crippen molar-refractivity contribution in [2.75, 3.05) is 13.2 Å². The summed E-state index contributed by atoms with van der Waals surface area (Å²) in [5.74, 6) is 0. The normalized spacial score (nSPS) is 23.9. The van der Waals surface area contributed by atoms with Crippen LogP contribution in [-0.4, -0.2) is 23.3 Å². The Hall–Kier alpha value is -1.32. The van der Waals surface area contributed by atoms with Crippen molar-refractivity contribution >= 4 is 10.9 Å². The second-order valence-corrected chi connectivity index (χ2v) is 5.90. The lowest BCUT2D eigenvalue weighted by Crippen LogP contribution is -2.60. The minimum atomic E-state index is -0.0324. The van der Waals surface area contributed by atoms with Gasteiger partial charge < -0.3 is 15.0 Å². The van der Waals surface area contributed by atoms with E-state index in [4.69, 9.17) is 10.5 Å². The number of fused-ring (bicyclic) bond motifs is 1. The molecule has 2 aliphatic rings. The van der Waals surface area contributed by atoms with Crippen LogP contribution in [0.5, 0.6) is 0 Å². The summed E-state index contributed by atoms with van der Waals surface area (Å²) in [6.45, 7) is 1.55. The third kappa shape index (κ3) is 1.11. The van der Waals surface area contributed by atoms with Crippen LogP contribution in [0, 0.1) is 0 Å². The molecule has 1 aromatic carbocycles. The molecular formula is C15H18N2O. The standard InChI is InChI=1S/C15H18N2O/c1-17-8-12(11-4-2-3-5-13(11)17)14(9-18-10-14)15(16)6-7-15/h2-5,8H,6-7,9-10,16H2,1H3. The molecule has 0 unspecified atom stereocenters. The first-order valence-corrected chi connectivity index (χ1v) is 6.58. The largest absolute Gasteiger partial charge is 0.379 e. The zero-order valence-electron chi connectivity index (χ0n) is 10.6. The Morgan fingerprint density at radius 1 is 1.22 bits per heavy atom. The average Bonchev–Trinajstić information content (AvgIpc) is 2.96. The fraction of sp³-hybridized carbons (Fsp3) is 0.467. The number of aromatic nitrogens is 1. The maximum absolute atomic E-state index is 6.53. The molecule has 2 fully saturated rings. The van der Waals surface area contributed by atoms with Crippen molar-refractivity contribution in [1.82, 2.24) is 4.57 Å². The summed E-state index contributed by atoms with van der Waals surface area (Å²) in [5, 5.41) is 1.33. The van der Waals surface area contributed by atoms with Crippen molar-refractivity contribution in [2.45, 2.75) is 23.8 Å². The quantitative estimate of drug-likeness (QED) is 0.874. The molecule has 2 aromatic rings. The predicted molar refractivity (Wildman–Crippen MR) is 71.6 cm³/mol. The Morgan fingerprint density at radius 3 is 2.56 bits per heavy atom. The summed E-state index contributed by atoms with van der Waals surface area (Å²) in [6, 6.07) is 8.57. The number of hydrogen-bond donors (Lipinski definition) is 1. The van der Waals surface area contributed by atoms with Crippen molar-refractivity contribution < 1.29 is 4.74 Å². The van der Waals surface area contributed by atoms with Crippen LogP contribution in [0.2, 0.25) is 0 Å². The Kier molecular flexibility index (Phi) is 1.86. The van der Waals surface area contributed by atoms with Crippen LogP contribution >= 0.6 is 0 Å². The van der Waals surface area contributed by atoms with Crippen LogP contribution in [0.1, 0.15) is 18.4 Å². The fourth-order valence-electron chi connectivity index (χ4n) is 3.35. The van der Waals surface area contributed by atoms with Gasteiger partial charge in [0.15, 0.2) is 0 Å². The van der Waals surface area contributed by atoms with E-state index in [-0.39, 0.29) is 11.0 Å². The van der Waals surface area contributed by atoms with Crippen molar-refractivity contribution in [3.8, 4) is 0 Å². The third-order valence-electron chi connectivity index (χ3n) is 4.85. The summed E-state index contributed by atoms with van der Waals surface area (Å²) in [4.78, 5) is 0. The second-order valence-electron chi connectivity index (χ2n) is 5.90. The number of ether oxygens (including phenoxy) is 1. The summed E-state index contributed by atoms with van der Waals surface area (Å²) < 4.78 is 7.73. The van der Waals surface area contributed by atoms with Gasteiger partial charge in [-0.1, -0.05) is 18.2 Å². The maximum atomic E-state index is 6.53. The lowest BCUT2D eigenvalue weighted by atomic mass is 9.70. The Labute approximate surface area is 107 Å². The monoisotopic (exact) mass is 242 g/mol. The van der Waals surface area contributed by atoms with Gasteiger partial charge in [-0.25, -0.2) is 0 Å². The van der Waals surface area contributed by atoms with E-state index >= 15 is 0 Å². The molecule has 94 valence electrons. The Morgan fingerprint density at radius 2 is 1.94 bits per heavy atom. The number of nitrogens with zero attached hydrogens (tertiary/aromatic N) is 1. The molecule has 0 atom stereocenters. The molecular weight excluding hydrogens is 224 g/mol. The van der Waals surface area contributed by atoms with Crippen LogP contribution in [0.15, 0.2) is 30.5 Å². The van der Waals surface area contributed by atoms with Gasteiger partial charge in [0.2, 0.25) is 0 Å². The maximum Gasteiger partial charge on any atom is 0.0620 e. The van der Waals surface area contributed by atoms with Gasteiger partial charge in [0, 0.05) is 29.7 Å². The summed E-state index contributed by atoms with van der Waals surface area (Å²) in [7, 11) is 2.11. The lowest BCUT2D eigenvalue weighted by Gasteiger charge is -2.46. The summed E-state index contributed by atoms with van der Waals surface area (Å²) >= 11 is 0. The highest BCUT2D eigenvalue weighted by Gasteiger charge is 2.62. The van der Waals surface area contributed by atoms with Crippen molar-refractivity contribution in [3.63, 3.8) is 0 Å². The second kappa shape index (κ2) is 3.16. The van der Waals surface area contributed by atoms with Gasteiger partial charge in [-0.05, 0) is 24.5 Å². The molecule has 0 radical (unpaired) electrons. The van der Waals surface area contributed by atoms with Gasteiger partial charge in [0.25, 0.3) is 0 Å². The number of nitrogens with two attached hydrogens (primary N) is 1. The zero-order chi connectivity index (χ0) is 12.4. The van der Waals surface area contributed by atoms with E-state index < -0.39 is 0 Å². The molecule has 1 aromatic heterocycles. The highest BCUT2D eigenvalue weighted by atomic mass is 16.5. The summed E-state index contributed by atoms with van der Waals surface area (Å²) in [6.07, 6.45) is 4.50. The SMILES string of the molecule is Cn1cc(C2(C3(N)CC3)COC2)c2ccccc21. The van der Waals surface area contributed by atoms with Crippen LogP contribution in [0.25, 0.3) is 10.9 Å². The van der Waals surface area contributed by atoms with E-state index in [1.54, 1.807) is 0 Å². The molecule has 1 saturated heterocycles. The van der Waals surface area contributed by atoms with Crippen LogP contribution in [0.3, 0.4) is 0 Å². The highest BCUT2D eigenvalue weighted by molar-refractivity contribution is 5.85.